The Morgan fingerprint density at radius 3 is 2.67 bits per heavy atom. The molecule has 0 bridgehead atoms. The van der Waals surface area contributed by atoms with Crippen LogP contribution >= 0.6 is 11.6 Å². The van der Waals surface area contributed by atoms with Crippen LogP contribution in [0.3, 0.4) is 0 Å². The van der Waals surface area contributed by atoms with Crippen molar-refractivity contribution in [3.63, 3.8) is 0 Å². The number of unbranched alkanes of at least 4 members (excludes halogenated alkanes) is 1. The maximum atomic E-state index is 9.96. The number of halogens is 1. The van der Waals surface area contributed by atoms with Crippen molar-refractivity contribution in [2.45, 2.75) is 44.6 Å². The molecule has 0 aromatic heterocycles. The number of rotatable bonds is 4. The van der Waals surface area contributed by atoms with Gasteiger partial charge in [0.05, 0.1) is 5.60 Å². The quantitative estimate of drug-likeness (QED) is 0.828. The molecule has 82 valence electrons. The largest absolute Gasteiger partial charge is 0.385 e. The van der Waals surface area contributed by atoms with Crippen molar-refractivity contribution in [3.05, 3.63) is 34.3 Å². The summed E-state index contributed by atoms with van der Waals surface area (Å²) in [5.41, 5.74) is 1.57. The van der Waals surface area contributed by atoms with Gasteiger partial charge in [0.15, 0.2) is 0 Å². The molecule has 2 heteroatoms. The Balaban J connectivity index is 2.16. The van der Waals surface area contributed by atoms with E-state index in [9.17, 15) is 5.11 Å². The van der Waals surface area contributed by atoms with E-state index in [4.69, 9.17) is 11.6 Å². The second kappa shape index (κ2) is 4.15. The number of hydrogen-bond acceptors (Lipinski definition) is 1. The molecule has 0 radical (unpaired) electrons. The third kappa shape index (κ3) is 2.35. The van der Waals surface area contributed by atoms with E-state index in [1.165, 1.54) is 18.4 Å². The molecule has 1 N–H and O–H groups in total. The lowest BCUT2D eigenvalue weighted by Crippen LogP contribution is -2.05. The highest BCUT2D eigenvalue weighted by atomic mass is 35.5. The van der Waals surface area contributed by atoms with Gasteiger partial charge in [-0.3, -0.25) is 0 Å². The van der Waals surface area contributed by atoms with Crippen LogP contribution < -0.4 is 0 Å². The Bertz CT molecular complexity index is 356. The second-order valence-corrected chi connectivity index (χ2v) is 4.86. The molecule has 2 rings (SSSR count). The summed E-state index contributed by atoms with van der Waals surface area (Å²) in [6, 6.07) is 6.08. The van der Waals surface area contributed by atoms with Crippen molar-refractivity contribution in [2.75, 3.05) is 0 Å². The highest BCUT2D eigenvalue weighted by molar-refractivity contribution is 6.31. The molecular weight excluding hydrogens is 208 g/mol. The van der Waals surface area contributed by atoms with E-state index in [1.54, 1.807) is 0 Å². The maximum absolute atomic E-state index is 9.96. The zero-order valence-electron chi connectivity index (χ0n) is 9.09. The van der Waals surface area contributed by atoms with Gasteiger partial charge < -0.3 is 5.11 Å². The van der Waals surface area contributed by atoms with Gasteiger partial charge in [-0.15, -0.1) is 0 Å². The number of aliphatic hydroxyl groups is 1. The molecule has 1 aliphatic carbocycles. The van der Waals surface area contributed by atoms with Crippen LogP contribution in [0.1, 0.15) is 43.7 Å². The molecule has 0 saturated heterocycles. The fourth-order valence-electron chi connectivity index (χ4n) is 1.86. The number of aryl methyl sites for hydroxylation is 1. The second-order valence-electron chi connectivity index (χ2n) is 4.45. The first-order valence-corrected chi connectivity index (χ1v) is 6.05. The van der Waals surface area contributed by atoms with Crippen LogP contribution in [-0.2, 0) is 12.0 Å². The average Bonchev–Trinajstić information content (AvgIpc) is 2.94. The minimum atomic E-state index is -0.611. The van der Waals surface area contributed by atoms with Crippen LogP contribution in [-0.4, -0.2) is 5.11 Å². The van der Waals surface area contributed by atoms with Crippen molar-refractivity contribution in [1.82, 2.24) is 0 Å². The van der Waals surface area contributed by atoms with Crippen molar-refractivity contribution >= 4 is 11.6 Å². The summed E-state index contributed by atoms with van der Waals surface area (Å²) >= 11 is 6.17. The van der Waals surface area contributed by atoms with Crippen LogP contribution in [0.2, 0.25) is 5.02 Å². The molecule has 0 unspecified atom stereocenters. The lowest BCUT2D eigenvalue weighted by Gasteiger charge is -2.11. The molecule has 1 nitrogen and oxygen atoms in total. The Kier molecular flexibility index (Phi) is 3.03. The Labute approximate surface area is 96.1 Å². The SMILES string of the molecule is CCCCc1ccc(C2(O)CC2)c(Cl)c1. The third-order valence-electron chi connectivity index (χ3n) is 3.08. The summed E-state index contributed by atoms with van der Waals surface area (Å²) < 4.78 is 0. The molecule has 15 heavy (non-hydrogen) atoms. The van der Waals surface area contributed by atoms with Gasteiger partial charge in [-0.05, 0) is 37.3 Å². The van der Waals surface area contributed by atoms with Crippen LogP contribution in [0.4, 0.5) is 0 Å². The van der Waals surface area contributed by atoms with E-state index in [1.807, 2.05) is 12.1 Å². The highest BCUT2D eigenvalue weighted by Gasteiger charge is 2.43. The van der Waals surface area contributed by atoms with E-state index in [0.717, 1.165) is 29.8 Å². The monoisotopic (exact) mass is 224 g/mol. The first-order chi connectivity index (χ1) is 7.15. The molecule has 1 saturated carbocycles. The van der Waals surface area contributed by atoms with Crippen LogP contribution in [0.25, 0.3) is 0 Å². The first kappa shape index (κ1) is 11.0. The fraction of sp³-hybridized carbons (Fsp3) is 0.538. The van der Waals surface area contributed by atoms with Gasteiger partial charge in [-0.25, -0.2) is 0 Å². The van der Waals surface area contributed by atoms with Gasteiger partial charge in [0, 0.05) is 10.6 Å². The Hall–Kier alpha value is -0.530. The lowest BCUT2D eigenvalue weighted by atomic mass is 10.0. The minimum absolute atomic E-state index is 0.611. The average molecular weight is 225 g/mol. The fourth-order valence-corrected chi connectivity index (χ4v) is 2.24. The molecular formula is C13H17ClO. The van der Waals surface area contributed by atoms with E-state index in [-0.39, 0.29) is 0 Å². The molecule has 0 heterocycles. The van der Waals surface area contributed by atoms with Gasteiger partial charge in [0.25, 0.3) is 0 Å². The summed E-state index contributed by atoms with van der Waals surface area (Å²) in [7, 11) is 0. The van der Waals surface area contributed by atoms with Gasteiger partial charge in [0.1, 0.15) is 0 Å². The zero-order chi connectivity index (χ0) is 10.9. The van der Waals surface area contributed by atoms with Gasteiger partial charge in [-0.1, -0.05) is 37.1 Å². The van der Waals surface area contributed by atoms with E-state index >= 15 is 0 Å². The van der Waals surface area contributed by atoms with Gasteiger partial charge >= 0.3 is 0 Å². The predicted octanol–water partition coefficient (Wildman–Crippen LogP) is 3.66. The molecule has 0 amide bonds. The summed E-state index contributed by atoms with van der Waals surface area (Å²) in [5.74, 6) is 0. The zero-order valence-corrected chi connectivity index (χ0v) is 9.85. The predicted molar refractivity (Wildman–Crippen MR) is 63.2 cm³/mol. The van der Waals surface area contributed by atoms with Crippen LogP contribution in [0.15, 0.2) is 18.2 Å². The standard InChI is InChI=1S/C13H17ClO/c1-2-3-4-10-5-6-11(12(14)9-10)13(15)7-8-13/h5-6,9,15H,2-4,7-8H2,1H3. The molecule has 0 aliphatic heterocycles. The van der Waals surface area contributed by atoms with E-state index < -0.39 is 5.60 Å². The summed E-state index contributed by atoms with van der Waals surface area (Å²) in [6.07, 6.45) is 5.17. The van der Waals surface area contributed by atoms with Crippen molar-refractivity contribution < 1.29 is 5.11 Å². The normalized spacial score (nSPS) is 17.8. The topological polar surface area (TPSA) is 20.2 Å². The molecule has 1 aromatic rings. The van der Waals surface area contributed by atoms with Crippen molar-refractivity contribution in [3.8, 4) is 0 Å². The minimum Gasteiger partial charge on any atom is -0.385 e. The van der Waals surface area contributed by atoms with Gasteiger partial charge in [0.2, 0.25) is 0 Å². The van der Waals surface area contributed by atoms with Crippen LogP contribution in [0, 0.1) is 0 Å². The Morgan fingerprint density at radius 1 is 1.40 bits per heavy atom. The summed E-state index contributed by atoms with van der Waals surface area (Å²) in [5, 5.41) is 10.7. The van der Waals surface area contributed by atoms with E-state index in [2.05, 4.69) is 13.0 Å². The molecule has 1 fully saturated rings. The van der Waals surface area contributed by atoms with Crippen LogP contribution in [0.5, 0.6) is 0 Å². The summed E-state index contributed by atoms with van der Waals surface area (Å²) in [6.45, 7) is 2.18. The first-order valence-electron chi connectivity index (χ1n) is 5.67. The highest BCUT2D eigenvalue weighted by Crippen LogP contribution is 2.47. The Morgan fingerprint density at radius 2 is 2.13 bits per heavy atom. The van der Waals surface area contributed by atoms with Crippen molar-refractivity contribution in [2.24, 2.45) is 0 Å². The third-order valence-corrected chi connectivity index (χ3v) is 3.39. The molecule has 0 atom stereocenters. The number of hydrogen-bond donors (Lipinski definition) is 1. The maximum Gasteiger partial charge on any atom is 0.0913 e. The van der Waals surface area contributed by atoms with Crippen molar-refractivity contribution in [1.29, 1.82) is 0 Å². The molecule has 1 aliphatic rings. The number of benzene rings is 1. The van der Waals surface area contributed by atoms with E-state index in [0.29, 0.717) is 0 Å². The summed E-state index contributed by atoms with van der Waals surface area (Å²) in [4.78, 5) is 0. The molecule has 1 aromatic carbocycles. The van der Waals surface area contributed by atoms with Gasteiger partial charge in [-0.2, -0.15) is 0 Å². The molecule has 0 spiro atoms. The smallest absolute Gasteiger partial charge is 0.0913 e. The lowest BCUT2D eigenvalue weighted by molar-refractivity contribution is 0.151.